The van der Waals surface area contributed by atoms with E-state index in [1.54, 1.807) is 0 Å². The summed E-state index contributed by atoms with van der Waals surface area (Å²) in [6.45, 7) is 1.77. The molecule has 2 saturated heterocycles. The van der Waals surface area contributed by atoms with Crippen LogP contribution in [0.2, 0.25) is 0 Å². The van der Waals surface area contributed by atoms with Crippen LogP contribution in [0.1, 0.15) is 11.6 Å². The van der Waals surface area contributed by atoms with Gasteiger partial charge in [0.2, 0.25) is 0 Å². The van der Waals surface area contributed by atoms with Gasteiger partial charge in [-0.1, -0.05) is 18.2 Å². The highest BCUT2D eigenvalue weighted by Crippen LogP contribution is 2.36. The average molecular weight is 329 g/mol. The number of hydrogen-bond donors (Lipinski definition) is 1. The second-order valence-corrected chi connectivity index (χ2v) is 6.83. The number of aliphatic hydroxyl groups excluding tert-OH is 1. The topological polar surface area (TPSA) is 59.8 Å². The van der Waals surface area contributed by atoms with Crippen LogP contribution in [-0.4, -0.2) is 65.2 Å². The third-order valence-electron chi connectivity index (χ3n) is 4.71. The predicted octanol–water partition coefficient (Wildman–Crippen LogP) is 1.31. The monoisotopic (exact) mass is 329 g/mol. The second-order valence-electron chi connectivity index (χ2n) is 6.83. The Kier molecular flexibility index (Phi) is 4.14. The van der Waals surface area contributed by atoms with Crippen molar-refractivity contribution < 1.29 is 14.6 Å². The Hall–Kier alpha value is -1.73. The maximum Gasteiger partial charge on any atom is 0.140 e. The van der Waals surface area contributed by atoms with Crippen molar-refractivity contribution in [2.45, 2.75) is 30.9 Å². The predicted molar refractivity (Wildman–Crippen MR) is 89.6 cm³/mol. The molecule has 4 rings (SSSR count). The van der Waals surface area contributed by atoms with E-state index < -0.39 is 6.10 Å². The molecular weight excluding hydrogens is 306 g/mol. The number of hydrogen-bond acceptors (Lipinski definition) is 5. The van der Waals surface area contributed by atoms with Gasteiger partial charge in [-0.3, -0.25) is 0 Å². The van der Waals surface area contributed by atoms with Crippen molar-refractivity contribution >= 4 is 0 Å². The van der Waals surface area contributed by atoms with E-state index >= 15 is 0 Å². The molecule has 1 aromatic heterocycles. The van der Waals surface area contributed by atoms with Gasteiger partial charge >= 0.3 is 0 Å². The number of nitrogens with zero attached hydrogens (tertiary/aromatic N) is 3. The second kappa shape index (κ2) is 6.29. The van der Waals surface area contributed by atoms with Crippen LogP contribution in [0, 0.1) is 0 Å². The molecular formula is C18H23N3O3. The number of fused-ring (bicyclic) bond motifs is 1. The number of aromatic nitrogens is 2. The molecule has 2 aliphatic heterocycles. The first-order valence-electron chi connectivity index (χ1n) is 8.31. The normalized spacial score (nSPS) is 29.3. The fourth-order valence-corrected chi connectivity index (χ4v) is 3.68. The Morgan fingerprint density at radius 1 is 1.25 bits per heavy atom. The number of rotatable bonds is 4. The first kappa shape index (κ1) is 15.8. The molecule has 128 valence electrons. The summed E-state index contributed by atoms with van der Waals surface area (Å²) >= 11 is 0. The molecule has 2 aromatic rings. The highest BCUT2D eigenvalue weighted by molar-refractivity contribution is 5.57. The smallest absolute Gasteiger partial charge is 0.140 e. The number of aliphatic hydroxyl groups is 1. The summed E-state index contributed by atoms with van der Waals surface area (Å²) in [6.07, 6.45) is 2.91. The van der Waals surface area contributed by atoms with Crippen LogP contribution in [0.15, 0.2) is 36.7 Å². The van der Waals surface area contributed by atoms with Crippen molar-refractivity contribution in [1.29, 1.82) is 0 Å². The molecule has 6 nitrogen and oxygen atoms in total. The van der Waals surface area contributed by atoms with Gasteiger partial charge in [0, 0.05) is 24.5 Å². The van der Waals surface area contributed by atoms with Crippen molar-refractivity contribution in [2.75, 3.05) is 27.3 Å². The van der Waals surface area contributed by atoms with Crippen LogP contribution in [0.5, 0.6) is 0 Å². The fourth-order valence-electron chi connectivity index (χ4n) is 3.68. The van der Waals surface area contributed by atoms with Crippen molar-refractivity contribution in [1.82, 2.24) is 14.5 Å². The Balaban J connectivity index is 1.64. The van der Waals surface area contributed by atoms with Gasteiger partial charge in [-0.25, -0.2) is 4.98 Å². The Bertz CT molecular complexity index is 715. The molecule has 6 heteroatoms. The Labute approximate surface area is 141 Å². The van der Waals surface area contributed by atoms with Gasteiger partial charge < -0.3 is 24.0 Å². The first-order valence-corrected chi connectivity index (χ1v) is 8.31. The number of ether oxygens (including phenoxy) is 2. The molecule has 3 heterocycles. The van der Waals surface area contributed by atoms with Crippen molar-refractivity contribution in [3.8, 4) is 11.4 Å². The third kappa shape index (κ3) is 2.75. The largest absolute Gasteiger partial charge is 0.388 e. The summed E-state index contributed by atoms with van der Waals surface area (Å²) in [7, 11) is 4.12. The third-order valence-corrected chi connectivity index (χ3v) is 4.71. The van der Waals surface area contributed by atoms with E-state index in [2.05, 4.69) is 52.8 Å². The molecule has 1 aromatic carbocycles. The zero-order valence-electron chi connectivity index (χ0n) is 14.0. The lowest BCUT2D eigenvalue weighted by molar-refractivity contribution is 0.0172. The molecule has 0 saturated carbocycles. The van der Waals surface area contributed by atoms with E-state index in [0.29, 0.717) is 13.2 Å². The van der Waals surface area contributed by atoms with Crippen LogP contribution in [0.4, 0.5) is 0 Å². The maximum atomic E-state index is 9.94. The van der Waals surface area contributed by atoms with Gasteiger partial charge in [0.25, 0.3) is 0 Å². The summed E-state index contributed by atoms with van der Waals surface area (Å²) in [5, 5.41) is 9.94. The van der Waals surface area contributed by atoms with Gasteiger partial charge in [0.15, 0.2) is 0 Å². The van der Waals surface area contributed by atoms with Crippen molar-refractivity contribution in [2.24, 2.45) is 0 Å². The van der Waals surface area contributed by atoms with Crippen LogP contribution in [0.3, 0.4) is 0 Å². The minimum atomic E-state index is -0.532. The van der Waals surface area contributed by atoms with Crippen LogP contribution < -0.4 is 0 Å². The fraction of sp³-hybridized carbons (Fsp3) is 0.500. The van der Waals surface area contributed by atoms with Gasteiger partial charge in [0.05, 0.1) is 19.3 Å². The van der Waals surface area contributed by atoms with Crippen LogP contribution in [-0.2, 0) is 16.0 Å². The summed E-state index contributed by atoms with van der Waals surface area (Å²) in [5.41, 5.74) is 2.33. The lowest BCUT2D eigenvalue weighted by Crippen LogP contribution is -2.30. The van der Waals surface area contributed by atoms with Crippen LogP contribution in [0.25, 0.3) is 11.4 Å². The highest BCUT2D eigenvalue weighted by Gasteiger charge is 2.48. The highest BCUT2D eigenvalue weighted by atomic mass is 16.6. The molecule has 2 fully saturated rings. The Morgan fingerprint density at radius 3 is 2.92 bits per heavy atom. The maximum absolute atomic E-state index is 9.94. The summed E-state index contributed by atoms with van der Waals surface area (Å²) in [4.78, 5) is 6.71. The van der Waals surface area contributed by atoms with E-state index in [1.807, 2.05) is 12.4 Å². The number of imidazole rings is 1. The minimum Gasteiger partial charge on any atom is -0.388 e. The van der Waals surface area contributed by atoms with E-state index in [0.717, 1.165) is 17.9 Å². The van der Waals surface area contributed by atoms with Gasteiger partial charge in [-0.05, 0) is 25.7 Å². The molecule has 24 heavy (non-hydrogen) atoms. The first-order chi connectivity index (χ1) is 11.6. The molecule has 0 unspecified atom stereocenters. The SMILES string of the molecule is CN(C)Cc1cccc(-c2nccn2[C@H]2CO[C@H]3[C@@H]2OC[C@H]3O)c1. The quantitative estimate of drug-likeness (QED) is 0.916. The zero-order chi connectivity index (χ0) is 16.7. The lowest BCUT2D eigenvalue weighted by atomic mass is 10.1. The van der Waals surface area contributed by atoms with E-state index in [4.69, 9.17) is 9.47 Å². The summed E-state index contributed by atoms with van der Waals surface area (Å²) in [5.74, 6) is 0.912. The van der Waals surface area contributed by atoms with E-state index in [9.17, 15) is 5.11 Å². The molecule has 0 amide bonds. The van der Waals surface area contributed by atoms with Crippen LogP contribution >= 0.6 is 0 Å². The van der Waals surface area contributed by atoms with Crippen molar-refractivity contribution in [3.05, 3.63) is 42.2 Å². The summed E-state index contributed by atoms with van der Waals surface area (Å²) in [6, 6.07) is 8.49. The van der Waals surface area contributed by atoms with Gasteiger partial charge in [-0.2, -0.15) is 0 Å². The lowest BCUT2D eigenvalue weighted by Gasteiger charge is -2.20. The van der Waals surface area contributed by atoms with Gasteiger partial charge in [0.1, 0.15) is 24.1 Å². The van der Waals surface area contributed by atoms with Crippen molar-refractivity contribution in [3.63, 3.8) is 0 Å². The molecule has 4 atom stereocenters. The molecule has 0 spiro atoms. The molecule has 2 aliphatic rings. The molecule has 0 bridgehead atoms. The summed E-state index contributed by atoms with van der Waals surface area (Å²) < 4.78 is 13.6. The Morgan fingerprint density at radius 2 is 2.08 bits per heavy atom. The molecule has 1 N–H and O–H groups in total. The standard InChI is InChI=1S/C18H23N3O3/c1-20(2)9-12-4-3-5-13(8-12)18-19-6-7-21(18)14-10-23-17-15(22)11-24-16(14)17/h3-8,14-17,22H,9-11H2,1-2H3/t14-,15+,16+,17+/m0/s1. The molecule has 0 aliphatic carbocycles. The number of benzene rings is 1. The average Bonchev–Trinajstić information content (AvgIpc) is 3.24. The zero-order valence-corrected chi connectivity index (χ0v) is 14.0. The minimum absolute atomic E-state index is 0.0437. The van der Waals surface area contributed by atoms with Gasteiger partial charge in [-0.15, -0.1) is 0 Å². The van der Waals surface area contributed by atoms with E-state index in [1.165, 1.54) is 5.56 Å². The van der Waals surface area contributed by atoms with E-state index in [-0.39, 0.29) is 18.2 Å². The molecule has 0 radical (unpaired) electrons.